The number of fused-ring (bicyclic) bond motifs is 15. The molecule has 0 saturated heterocycles. The molecule has 0 N–H and O–H groups in total. The van der Waals surface area contributed by atoms with Gasteiger partial charge in [-0.3, -0.25) is 0 Å². The quantitative estimate of drug-likeness (QED) is 0.168. The minimum atomic E-state index is -2.52. The van der Waals surface area contributed by atoms with Gasteiger partial charge in [-0.05, 0) is 268 Å². The van der Waals surface area contributed by atoms with Crippen molar-refractivity contribution in [2.24, 2.45) is 39.4 Å². The zero-order chi connectivity index (χ0) is 53.6. The lowest BCUT2D eigenvalue weighted by atomic mass is 9.54. The summed E-state index contributed by atoms with van der Waals surface area (Å²) in [7, 11) is 3.78. The molecule has 0 heterocycles. The van der Waals surface area contributed by atoms with E-state index in [2.05, 4.69) is 203 Å². The van der Waals surface area contributed by atoms with Crippen LogP contribution in [0.2, 0.25) is 48.4 Å². The molecule has 1 nitrogen and oxygen atoms in total. The van der Waals surface area contributed by atoms with Gasteiger partial charge >= 0.3 is 0 Å². The van der Waals surface area contributed by atoms with E-state index < -0.39 is 16.6 Å². The van der Waals surface area contributed by atoms with Crippen molar-refractivity contribution in [2.75, 3.05) is 0 Å². The molecule has 4 aromatic rings. The van der Waals surface area contributed by atoms with Crippen molar-refractivity contribution in [1.82, 2.24) is 0 Å². The molecule has 398 valence electrons. The van der Waals surface area contributed by atoms with Gasteiger partial charge in [0.05, 0.1) is 0 Å². The highest BCUT2D eigenvalue weighted by Gasteiger charge is 2.61. The van der Waals surface area contributed by atoms with Crippen LogP contribution in [0.25, 0.3) is 0 Å². The Bertz CT molecular complexity index is 2950. The average molecular weight is 1070 g/mol. The van der Waals surface area contributed by atoms with Crippen molar-refractivity contribution in [1.29, 1.82) is 0 Å². The van der Waals surface area contributed by atoms with E-state index in [1.54, 1.807) is 55.6 Å². The Labute approximate surface area is 466 Å². The van der Waals surface area contributed by atoms with E-state index in [0.717, 1.165) is 0 Å². The standard InChI is InChI=1S/C70H96OSi4/c1-17-52-56-38-66(8,58-28-42(2)18-24-53(56)58)37-55(47-21-23-49-33-68(10)41-70(12,35-51(49)31-47)63(73)45(68)5)61(52)75(15,16)71-74(13,14)60-39-65(7)27-26-64(6,59-29-43(3)19-25-57(59)65)36-54(60)46-20-22-48-32-67(9)40-69(11,34-50(48)30-46)62(72)44(67)4/h18-25,28-31,44-45,52,54-56,60-63H,17,26-27,32-41H2,1-16H3. The normalized spacial score (nSPS) is 42.6. The topological polar surface area (TPSA) is 9.23 Å². The molecule has 4 fully saturated rings. The van der Waals surface area contributed by atoms with E-state index in [9.17, 15) is 0 Å². The summed E-state index contributed by atoms with van der Waals surface area (Å²) in [5, 5.41) is 0. The maximum absolute atomic E-state index is 8.75. The highest BCUT2D eigenvalue weighted by molar-refractivity contribution is 6.86. The van der Waals surface area contributed by atoms with Gasteiger partial charge < -0.3 is 4.12 Å². The van der Waals surface area contributed by atoms with Crippen LogP contribution in [0.1, 0.15) is 212 Å². The molecule has 13 rings (SSSR count). The van der Waals surface area contributed by atoms with Crippen molar-refractivity contribution in [2.45, 2.75) is 249 Å². The van der Waals surface area contributed by atoms with Crippen molar-refractivity contribution in [3.63, 3.8) is 0 Å². The zero-order valence-electron chi connectivity index (χ0n) is 49.8. The van der Waals surface area contributed by atoms with Crippen LogP contribution in [0.5, 0.6) is 0 Å². The molecule has 0 spiro atoms. The fourth-order valence-electron chi connectivity index (χ4n) is 21.3. The molecule has 8 bridgehead atoms. The second-order valence-electron chi connectivity index (χ2n) is 31.7. The monoisotopic (exact) mass is 1060 g/mol. The third-order valence-electron chi connectivity index (χ3n) is 25.2. The van der Waals surface area contributed by atoms with E-state index >= 15 is 0 Å². The van der Waals surface area contributed by atoms with Crippen LogP contribution in [0.3, 0.4) is 0 Å². The van der Waals surface area contributed by atoms with Crippen LogP contribution in [0, 0.1) is 53.3 Å². The summed E-state index contributed by atoms with van der Waals surface area (Å²) in [5.41, 5.74) is 22.9. The van der Waals surface area contributed by atoms with Gasteiger partial charge in [0.2, 0.25) is 0 Å². The van der Waals surface area contributed by atoms with E-state index in [-0.39, 0.29) is 27.1 Å². The van der Waals surface area contributed by atoms with Gasteiger partial charge in [-0.25, -0.2) is 0 Å². The molecular weight excluding hydrogens is 969 g/mol. The molecule has 17 atom stereocenters. The van der Waals surface area contributed by atoms with Crippen molar-refractivity contribution in [3.05, 3.63) is 140 Å². The average Bonchev–Trinajstić information content (AvgIpc) is 3.62. The lowest BCUT2D eigenvalue weighted by molar-refractivity contribution is 0.206. The SMILES string of the molecule is CCC1C2CC(C)(CC(c3ccc4c(c3)CC3(C)CC(C)(C4)C(C)C3[Si])C1[Si](C)(C)O[Si](C)(C)C1CC3(C)CCC(C)(CC1c1ccc4c(c1)CC1(C)CC(C)(C4)C(C)C1[Si])c1cc(C)ccc13)c1cc(C)ccc12. The minimum absolute atomic E-state index is 0.115. The molecule has 0 aromatic heterocycles. The van der Waals surface area contributed by atoms with Crippen molar-refractivity contribution >= 4 is 37.1 Å². The molecule has 6 radical (unpaired) electrons. The van der Waals surface area contributed by atoms with E-state index in [1.165, 1.54) is 94.6 Å². The fraction of sp³-hybridized carbons (Fsp3) is 0.657. The molecule has 9 aliphatic carbocycles. The van der Waals surface area contributed by atoms with Crippen LogP contribution in [-0.4, -0.2) is 37.1 Å². The number of rotatable bonds is 7. The summed E-state index contributed by atoms with van der Waals surface area (Å²) in [6, 6.07) is 31.5. The number of benzene rings is 4. The Morgan fingerprint density at radius 2 is 0.987 bits per heavy atom. The van der Waals surface area contributed by atoms with Crippen molar-refractivity contribution in [3.8, 4) is 0 Å². The number of aryl methyl sites for hydroxylation is 2. The van der Waals surface area contributed by atoms with Gasteiger partial charge in [-0.2, -0.15) is 0 Å². The predicted octanol–water partition coefficient (Wildman–Crippen LogP) is 18.2. The third-order valence-corrected chi connectivity index (χ3v) is 36.7. The number of hydrogen-bond donors (Lipinski definition) is 0. The second-order valence-corrected chi connectivity index (χ2v) is 41.6. The molecule has 4 aromatic carbocycles. The Morgan fingerprint density at radius 1 is 0.507 bits per heavy atom. The first kappa shape index (κ1) is 53.4. The summed E-state index contributed by atoms with van der Waals surface area (Å²) in [6.07, 6.45) is 16.0. The second kappa shape index (κ2) is 17.4. The Kier molecular flexibility index (Phi) is 12.3. The predicted molar refractivity (Wildman–Crippen MR) is 324 cm³/mol. The summed E-state index contributed by atoms with van der Waals surface area (Å²) in [4.78, 5) is 0. The first-order valence-corrected chi connectivity index (χ1v) is 37.7. The summed E-state index contributed by atoms with van der Waals surface area (Å²) >= 11 is 0. The van der Waals surface area contributed by atoms with E-state index in [4.69, 9.17) is 4.12 Å². The van der Waals surface area contributed by atoms with Crippen LogP contribution >= 0.6 is 0 Å². The van der Waals surface area contributed by atoms with Crippen LogP contribution in [0.4, 0.5) is 0 Å². The van der Waals surface area contributed by atoms with Gasteiger partial charge in [-0.1, -0.05) is 160 Å². The Balaban J connectivity index is 0.981. The molecule has 0 aliphatic heterocycles. The highest BCUT2D eigenvalue weighted by Crippen LogP contribution is 2.69. The maximum Gasteiger partial charge on any atom is 0.177 e. The van der Waals surface area contributed by atoms with E-state index in [0.29, 0.717) is 68.5 Å². The molecule has 4 saturated carbocycles. The number of hydrogen-bond acceptors (Lipinski definition) is 1. The lowest BCUT2D eigenvalue weighted by Crippen LogP contribution is -2.56. The smallest absolute Gasteiger partial charge is 0.177 e. The van der Waals surface area contributed by atoms with Crippen LogP contribution in [-0.2, 0) is 46.0 Å². The van der Waals surface area contributed by atoms with Crippen LogP contribution < -0.4 is 0 Å². The third kappa shape index (κ3) is 8.15. The van der Waals surface area contributed by atoms with Gasteiger partial charge in [-0.15, -0.1) is 0 Å². The summed E-state index contributed by atoms with van der Waals surface area (Å²) in [5.74, 6) is 3.38. The molecule has 9 aliphatic rings. The molecule has 17 unspecified atom stereocenters. The zero-order valence-corrected chi connectivity index (χ0v) is 53.8. The summed E-state index contributed by atoms with van der Waals surface area (Å²) < 4.78 is 8.75. The molecule has 0 amide bonds. The van der Waals surface area contributed by atoms with Gasteiger partial charge in [0.15, 0.2) is 16.6 Å². The van der Waals surface area contributed by atoms with Crippen LogP contribution in [0.15, 0.2) is 72.8 Å². The fourth-order valence-corrected chi connectivity index (χ4v) is 34.1. The van der Waals surface area contributed by atoms with Gasteiger partial charge in [0.1, 0.15) is 0 Å². The van der Waals surface area contributed by atoms with Crippen molar-refractivity contribution < 1.29 is 4.12 Å². The largest absolute Gasteiger partial charge is 0.455 e. The Hall–Kier alpha value is -2.29. The molecular formula is C70H96OSi4. The first-order valence-electron chi connectivity index (χ1n) is 30.6. The van der Waals surface area contributed by atoms with Gasteiger partial charge in [0, 0.05) is 20.5 Å². The molecule has 75 heavy (non-hydrogen) atoms. The van der Waals surface area contributed by atoms with Gasteiger partial charge in [0.25, 0.3) is 0 Å². The first-order chi connectivity index (χ1) is 35.0. The minimum Gasteiger partial charge on any atom is -0.455 e. The maximum atomic E-state index is 8.75. The van der Waals surface area contributed by atoms with E-state index in [1.807, 2.05) is 0 Å². The summed E-state index contributed by atoms with van der Waals surface area (Å²) in [6.45, 7) is 41.7. The molecule has 5 heteroatoms. The Morgan fingerprint density at radius 3 is 1.55 bits per heavy atom. The lowest BCUT2D eigenvalue weighted by Gasteiger charge is -2.56. The highest BCUT2D eigenvalue weighted by atomic mass is 28.4.